The van der Waals surface area contributed by atoms with Gasteiger partial charge in [0.25, 0.3) is 0 Å². The molecule has 2 rings (SSSR count). The molecule has 0 saturated carbocycles. The fourth-order valence-electron chi connectivity index (χ4n) is 1.52. The third kappa shape index (κ3) is 1.98. The third-order valence-corrected chi connectivity index (χ3v) is 3.92. The van der Waals surface area contributed by atoms with Crippen LogP contribution in [-0.2, 0) is 5.60 Å². The molecule has 0 saturated heterocycles. The van der Waals surface area contributed by atoms with E-state index in [9.17, 15) is 5.11 Å². The highest BCUT2D eigenvalue weighted by Crippen LogP contribution is 2.32. The molecule has 2 nitrogen and oxygen atoms in total. The molecule has 0 bridgehead atoms. The Morgan fingerprint density at radius 1 is 1.38 bits per heavy atom. The van der Waals surface area contributed by atoms with E-state index in [1.165, 1.54) is 11.3 Å². The van der Waals surface area contributed by atoms with Crippen molar-refractivity contribution < 1.29 is 5.11 Å². The zero-order valence-corrected chi connectivity index (χ0v) is 10.4. The molecular weight excluding hydrogens is 242 g/mol. The second-order valence-electron chi connectivity index (χ2n) is 3.65. The maximum atomic E-state index is 10.6. The molecule has 1 heterocycles. The first kappa shape index (κ1) is 11.6. The van der Waals surface area contributed by atoms with E-state index in [1.54, 1.807) is 0 Å². The highest BCUT2D eigenvalue weighted by Gasteiger charge is 2.33. The van der Waals surface area contributed by atoms with Crippen LogP contribution in [0.2, 0.25) is 0 Å². The summed E-state index contributed by atoms with van der Waals surface area (Å²) in [5.41, 5.74) is 0.501. The second-order valence-corrected chi connectivity index (χ2v) is 4.78. The molecule has 4 heteroatoms. The topological polar surface area (TPSA) is 33.1 Å². The minimum atomic E-state index is -1.18. The van der Waals surface area contributed by atoms with Crippen molar-refractivity contribution in [1.82, 2.24) is 4.98 Å². The quantitative estimate of drug-likeness (QED) is 0.854. The Labute approximate surface area is 104 Å². The van der Waals surface area contributed by atoms with Crippen molar-refractivity contribution in [2.45, 2.75) is 12.5 Å². The summed E-state index contributed by atoms with van der Waals surface area (Å²) in [5, 5.41) is 13.1. The molecule has 1 aromatic heterocycles. The number of hydrogen-bond acceptors (Lipinski definition) is 3. The van der Waals surface area contributed by atoms with E-state index in [4.69, 9.17) is 11.6 Å². The minimum absolute atomic E-state index is 0.101. The van der Waals surface area contributed by atoms with Crippen LogP contribution in [0.3, 0.4) is 0 Å². The number of alkyl halides is 1. The second kappa shape index (κ2) is 4.53. The summed E-state index contributed by atoms with van der Waals surface area (Å²) in [7, 11) is 0. The van der Waals surface area contributed by atoms with Crippen molar-refractivity contribution in [1.29, 1.82) is 0 Å². The lowest BCUT2D eigenvalue weighted by Crippen LogP contribution is -2.29. The first-order chi connectivity index (χ1) is 7.66. The Balaban J connectivity index is 2.48. The lowest BCUT2D eigenvalue weighted by Gasteiger charge is -2.23. The van der Waals surface area contributed by atoms with Gasteiger partial charge in [-0.05, 0) is 12.5 Å². The van der Waals surface area contributed by atoms with Crippen molar-refractivity contribution in [2.24, 2.45) is 0 Å². The predicted molar refractivity (Wildman–Crippen MR) is 67.0 cm³/mol. The fraction of sp³-hybridized carbons (Fsp3) is 0.250. The molecule has 1 atom stereocenters. The average Bonchev–Trinajstić information content (AvgIpc) is 2.76. The molecule has 16 heavy (non-hydrogen) atoms. The van der Waals surface area contributed by atoms with Gasteiger partial charge in [0, 0.05) is 11.1 Å². The Kier molecular flexibility index (Phi) is 3.28. The lowest BCUT2D eigenvalue weighted by molar-refractivity contribution is 0.105. The normalized spacial score (nSPS) is 14.7. The van der Waals surface area contributed by atoms with E-state index in [2.05, 4.69) is 4.98 Å². The predicted octanol–water partition coefficient (Wildman–Crippen LogP) is 2.93. The summed E-state index contributed by atoms with van der Waals surface area (Å²) in [6.45, 7) is 1.90. The first-order valence-corrected chi connectivity index (χ1v) is 6.34. The van der Waals surface area contributed by atoms with Crippen molar-refractivity contribution in [3.63, 3.8) is 0 Å². The molecule has 1 N–H and O–H groups in total. The van der Waals surface area contributed by atoms with Crippen LogP contribution in [0.5, 0.6) is 0 Å². The van der Waals surface area contributed by atoms with Gasteiger partial charge in [-0.1, -0.05) is 30.3 Å². The maximum absolute atomic E-state index is 10.6. The Hall–Kier alpha value is -0.900. The molecule has 1 unspecified atom stereocenters. The highest BCUT2D eigenvalue weighted by atomic mass is 35.5. The van der Waals surface area contributed by atoms with Crippen LogP contribution in [0.4, 0.5) is 0 Å². The summed E-state index contributed by atoms with van der Waals surface area (Å²) < 4.78 is 0. The average molecular weight is 254 g/mol. The monoisotopic (exact) mass is 253 g/mol. The summed E-state index contributed by atoms with van der Waals surface area (Å²) >= 11 is 7.33. The zero-order valence-electron chi connectivity index (χ0n) is 8.85. The van der Waals surface area contributed by atoms with Crippen LogP contribution in [0.15, 0.2) is 35.7 Å². The number of aliphatic hydroxyl groups is 1. The van der Waals surface area contributed by atoms with Crippen molar-refractivity contribution in [3.8, 4) is 0 Å². The van der Waals surface area contributed by atoms with Crippen molar-refractivity contribution in [2.75, 3.05) is 5.88 Å². The van der Waals surface area contributed by atoms with Crippen LogP contribution in [0.1, 0.15) is 16.3 Å². The lowest BCUT2D eigenvalue weighted by atomic mass is 9.97. The highest BCUT2D eigenvalue weighted by molar-refractivity contribution is 7.09. The molecule has 1 aromatic carbocycles. The number of thiazole rings is 1. The molecule has 0 amide bonds. The number of aromatic nitrogens is 1. The minimum Gasteiger partial charge on any atom is -0.377 e. The van der Waals surface area contributed by atoms with Crippen molar-refractivity contribution in [3.05, 3.63) is 52.0 Å². The standard InChI is InChI=1S/C12H12ClNOS/c1-9-7-16-11(14-9)12(15,8-13)10-5-3-2-4-6-10/h2-7,15H,8H2,1H3. The first-order valence-electron chi connectivity index (χ1n) is 4.93. The molecule has 0 spiro atoms. The van der Waals surface area contributed by atoms with E-state index in [0.717, 1.165) is 11.3 Å². The van der Waals surface area contributed by atoms with Gasteiger partial charge in [0.05, 0.1) is 5.88 Å². The Morgan fingerprint density at radius 2 is 2.06 bits per heavy atom. The van der Waals surface area contributed by atoms with Crippen LogP contribution in [0, 0.1) is 6.92 Å². The van der Waals surface area contributed by atoms with E-state index >= 15 is 0 Å². The van der Waals surface area contributed by atoms with Gasteiger partial charge in [-0.2, -0.15) is 0 Å². The summed E-state index contributed by atoms with van der Waals surface area (Å²) in [6, 6.07) is 9.39. The van der Waals surface area contributed by atoms with E-state index in [0.29, 0.717) is 5.01 Å². The van der Waals surface area contributed by atoms with Gasteiger partial charge in [-0.15, -0.1) is 22.9 Å². The van der Waals surface area contributed by atoms with Gasteiger partial charge in [0.1, 0.15) is 5.01 Å². The number of aryl methyl sites for hydroxylation is 1. The Bertz CT molecular complexity index is 471. The number of benzene rings is 1. The molecule has 84 valence electrons. The van der Waals surface area contributed by atoms with Gasteiger partial charge >= 0.3 is 0 Å². The van der Waals surface area contributed by atoms with Gasteiger partial charge in [-0.25, -0.2) is 4.98 Å². The number of nitrogens with zero attached hydrogens (tertiary/aromatic N) is 1. The van der Waals surface area contributed by atoms with Gasteiger partial charge in [0.15, 0.2) is 5.60 Å². The largest absolute Gasteiger partial charge is 0.377 e. The summed E-state index contributed by atoms with van der Waals surface area (Å²) in [6.07, 6.45) is 0. The number of halogens is 1. The summed E-state index contributed by atoms with van der Waals surface area (Å²) in [5.74, 6) is 0.101. The van der Waals surface area contributed by atoms with Gasteiger partial charge < -0.3 is 5.11 Å². The van der Waals surface area contributed by atoms with Crippen LogP contribution in [0.25, 0.3) is 0 Å². The molecule has 0 aliphatic rings. The van der Waals surface area contributed by atoms with Crippen molar-refractivity contribution >= 4 is 22.9 Å². The zero-order chi connectivity index (χ0) is 11.6. The SMILES string of the molecule is Cc1csc(C(O)(CCl)c2ccccc2)n1. The van der Waals surface area contributed by atoms with E-state index in [-0.39, 0.29) is 5.88 Å². The summed E-state index contributed by atoms with van der Waals surface area (Å²) in [4.78, 5) is 4.31. The molecule has 0 radical (unpaired) electrons. The van der Waals surface area contributed by atoms with Gasteiger partial charge in [-0.3, -0.25) is 0 Å². The molecule has 2 aromatic rings. The van der Waals surface area contributed by atoms with E-state index < -0.39 is 5.60 Å². The van der Waals surface area contributed by atoms with E-state index in [1.807, 2.05) is 42.6 Å². The number of rotatable bonds is 3. The van der Waals surface area contributed by atoms with Gasteiger partial charge in [0.2, 0.25) is 0 Å². The molecule has 0 aliphatic heterocycles. The number of hydrogen-bond donors (Lipinski definition) is 1. The van der Waals surface area contributed by atoms with Crippen LogP contribution >= 0.6 is 22.9 Å². The smallest absolute Gasteiger partial charge is 0.154 e. The van der Waals surface area contributed by atoms with Crippen LogP contribution in [-0.4, -0.2) is 16.0 Å². The maximum Gasteiger partial charge on any atom is 0.154 e. The van der Waals surface area contributed by atoms with Crippen LogP contribution < -0.4 is 0 Å². The Morgan fingerprint density at radius 3 is 2.56 bits per heavy atom. The molecular formula is C12H12ClNOS. The third-order valence-electron chi connectivity index (χ3n) is 2.42. The fourth-order valence-corrected chi connectivity index (χ4v) is 2.79. The molecule has 0 fully saturated rings. The molecule has 0 aliphatic carbocycles.